The van der Waals surface area contributed by atoms with Gasteiger partial charge in [-0.25, -0.2) is 0 Å². The van der Waals surface area contributed by atoms with Crippen LogP contribution in [0.3, 0.4) is 0 Å². The van der Waals surface area contributed by atoms with E-state index in [9.17, 15) is 0 Å². The fourth-order valence-electron chi connectivity index (χ4n) is 5.32. The van der Waals surface area contributed by atoms with Crippen molar-refractivity contribution in [3.63, 3.8) is 0 Å². The monoisotopic (exact) mass is 213 g/mol. The van der Waals surface area contributed by atoms with Crippen LogP contribution in [0.4, 0.5) is 0 Å². The van der Waals surface area contributed by atoms with Gasteiger partial charge in [-0.05, 0) is 67.6 Å². The summed E-state index contributed by atoms with van der Waals surface area (Å²) in [6, 6.07) is 0.600. The predicted octanol–water partition coefficient (Wildman–Crippen LogP) is 2.58. The van der Waals surface area contributed by atoms with Crippen molar-refractivity contribution < 1.29 is 0 Å². The summed E-state index contributed by atoms with van der Waals surface area (Å²) in [5.41, 5.74) is 6.87. The van der Waals surface area contributed by atoms with E-state index in [1.54, 1.807) is 32.1 Å². The van der Waals surface area contributed by atoms with Gasteiger partial charge in [0.25, 0.3) is 0 Å². The van der Waals surface area contributed by atoms with Crippen molar-refractivity contribution in [1.82, 2.24) is 0 Å². The van der Waals surface area contributed by atoms with Gasteiger partial charge in [-0.2, -0.15) is 0 Å². The van der Waals surface area contributed by atoms with E-state index in [0.29, 0.717) is 11.5 Å². The molecule has 5 saturated carbocycles. The lowest BCUT2D eigenvalue weighted by molar-refractivity contribution is -0.0544. The average molecular weight is 214 g/mol. The quantitative estimate of drug-likeness (QED) is 0.658. The van der Waals surface area contributed by atoms with Crippen molar-refractivity contribution in [2.24, 2.45) is 34.8 Å². The summed E-state index contributed by atoms with van der Waals surface area (Å²) in [7, 11) is 0. The van der Waals surface area contributed by atoms with Gasteiger partial charge >= 0.3 is 0 Å². The van der Waals surface area contributed by atoms with Crippen LogP contribution in [0.1, 0.15) is 38.5 Å². The van der Waals surface area contributed by atoms with Gasteiger partial charge in [0.15, 0.2) is 0 Å². The average Bonchev–Trinajstić information content (AvgIpc) is 2.74. The number of nitrogens with two attached hydrogens (primary N) is 1. The molecule has 80 valence electrons. The third kappa shape index (κ3) is 0.911. The Morgan fingerprint density at radius 2 is 1.29 bits per heavy atom. The first-order chi connectivity index (χ1) is 6.29. The van der Waals surface area contributed by atoms with E-state index in [4.69, 9.17) is 5.73 Å². The largest absolute Gasteiger partial charge is 0.327 e. The highest BCUT2D eigenvalue weighted by Crippen LogP contribution is 2.71. The maximum Gasteiger partial charge on any atom is 0.0107 e. The molecular formula is C12H20ClN. The summed E-state index contributed by atoms with van der Waals surface area (Å²) in [4.78, 5) is 0. The minimum Gasteiger partial charge on any atom is -0.327 e. The van der Waals surface area contributed by atoms with Crippen LogP contribution < -0.4 is 5.73 Å². The molecule has 0 aromatic heterocycles. The van der Waals surface area contributed by atoms with Crippen LogP contribution >= 0.6 is 12.4 Å². The third-order valence-corrected chi connectivity index (χ3v) is 5.76. The van der Waals surface area contributed by atoms with Gasteiger partial charge in [-0.3, -0.25) is 0 Å². The molecule has 2 heteroatoms. The van der Waals surface area contributed by atoms with Crippen LogP contribution in [-0.4, -0.2) is 6.04 Å². The first kappa shape index (κ1) is 9.47. The molecule has 5 aliphatic carbocycles. The highest BCUT2D eigenvalue weighted by atomic mass is 35.5. The lowest BCUT2D eigenvalue weighted by Crippen LogP contribution is -2.48. The Labute approximate surface area is 92.2 Å². The maximum absolute atomic E-state index is 6.18. The number of hydrogen-bond donors (Lipinski definition) is 1. The Morgan fingerprint density at radius 1 is 0.857 bits per heavy atom. The first-order valence-corrected chi connectivity index (χ1v) is 6.04. The van der Waals surface area contributed by atoms with Crippen LogP contribution in [0, 0.1) is 29.1 Å². The second-order valence-corrected chi connectivity index (χ2v) is 6.23. The summed E-state index contributed by atoms with van der Waals surface area (Å²) >= 11 is 0. The molecule has 0 aromatic rings. The van der Waals surface area contributed by atoms with Crippen LogP contribution in [0.15, 0.2) is 0 Å². The van der Waals surface area contributed by atoms with Crippen LogP contribution in [0.5, 0.6) is 0 Å². The van der Waals surface area contributed by atoms with Gasteiger partial charge in [0, 0.05) is 6.04 Å². The number of hydrogen-bond acceptors (Lipinski definition) is 1. The fraction of sp³-hybridized carbons (Fsp3) is 1.00. The van der Waals surface area contributed by atoms with Gasteiger partial charge in [-0.15, -0.1) is 12.4 Å². The second kappa shape index (κ2) is 2.68. The Balaban J connectivity index is 0.000000640. The second-order valence-electron chi connectivity index (χ2n) is 6.23. The highest BCUT2D eigenvalue weighted by molar-refractivity contribution is 5.85. The summed E-state index contributed by atoms with van der Waals surface area (Å²) in [5.74, 6) is 4.33. The molecule has 0 radical (unpaired) electrons. The maximum atomic E-state index is 6.18. The van der Waals surface area contributed by atoms with Crippen molar-refractivity contribution in [3.05, 3.63) is 0 Å². The van der Waals surface area contributed by atoms with Gasteiger partial charge in [0.05, 0.1) is 0 Å². The normalized spacial score (nSPS) is 62.8. The Hall–Kier alpha value is 0.250. The summed E-state index contributed by atoms with van der Waals surface area (Å²) in [6.07, 6.45) is 9.11. The number of rotatable bonds is 0. The molecule has 2 N–H and O–H groups in total. The molecule has 1 spiro atoms. The van der Waals surface area contributed by atoms with Crippen molar-refractivity contribution in [1.29, 1.82) is 0 Å². The number of halogens is 1. The molecule has 0 aromatic carbocycles. The zero-order valence-corrected chi connectivity index (χ0v) is 9.43. The zero-order chi connectivity index (χ0) is 8.63. The summed E-state index contributed by atoms with van der Waals surface area (Å²) in [5, 5.41) is 0. The Kier molecular flexibility index (Phi) is 1.81. The van der Waals surface area contributed by atoms with E-state index >= 15 is 0 Å². The van der Waals surface area contributed by atoms with Gasteiger partial charge < -0.3 is 5.73 Å². The van der Waals surface area contributed by atoms with Gasteiger partial charge in [0.2, 0.25) is 0 Å². The predicted molar refractivity (Wildman–Crippen MR) is 59.3 cm³/mol. The van der Waals surface area contributed by atoms with Crippen molar-refractivity contribution in [3.8, 4) is 0 Å². The van der Waals surface area contributed by atoms with E-state index in [1.165, 1.54) is 6.42 Å². The SMILES string of the molecule is Cl.NC1CC12C1CC3CC(C1)CC2C3. The summed E-state index contributed by atoms with van der Waals surface area (Å²) < 4.78 is 0. The molecule has 5 fully saturated rings. The van der Waals surface area contributed by atoms with E-state index < -0.39 is 0 Å². The van der Waals surface area contributed by atoms with Crippen molar-refractivity contribution in [2.75, 3.05) is 0 Å². The van der Waals surface area contributed by atoms with Gasteiger partial charge in [0.1, 0.15) is 0 Å². The zero-order valence-electron chi connectivity index (χ0n) is 8.61. The van der Waals surface area contributed by atoms with E-state index in [0.717, 1.165) is 23.7 Å². The Bertz CT molecular complexity index is 235. The highest BCUT2D eigenvalue weighted by Gasteiger charge is 2.67. The van der Waals surface area contributed by atoms with Crippen LogP contribution in [0.25, 0.3) is 0 Å². The Morgan fingerprint density at radius 3 is 1.64 bits per heavy atom. The van der Waals surface area contributed by atoms with E-state index in [1.807, 2.05) is 0 Å². The van der Waals surface area contributed by atoms with E-state index in [2.05, 4.69) is 0 Å². The molecule has 0 saturated heterocycles. The molecule has 0 aliphatic heterocycles. The molecular weight excluding hydrogens is 194 g/mol. The smallest absolute Gasteiger partial charge is 0.0107 e. The lowest BCUT2D eigenvalue weighted by atomic mass is 9.50. The molecule has 4 bridgehead atoms. The molecule has 0 amide bonds. The molecule has 1 atom stereocenters. The molecule has 14 heavy (non-hydrogen) atoms. The van der Waals surface area contributed by atoms with E-state index in [-0.39, 0.29) is 12.4 Å². The van der Waals surface area contributed by atoms with Crippen LogP contribution in [-0.2, 0) is 0 Å². The van der Waals surface area contributed by atoms with Crippen LogP contribution in [0.2, 0.25) is 0 Å². The standard InChI is InChI=1S/C12H19N.ClH/c13-11-6-12(11)9-2-7-1-8(4-9)5-10(12)3-7;/h7-11H,1-6,13H2;1H. The minimum absolute atomic E-state index is 0. The van der Waals surface area contributed by atoms with Crippen molar-refractivity contribution in [2.45, 2.75) is 44.6 Å². The fourth-order valence-corrected chi connectivity index (χ4v) is 5.32. The summed E-state index contributed by atoms with van der Waals surface area (Å²) in [6.45, 7) is 0. The molecule has 5 rings (SSSR count). The first-order valence-electron chi connectivity index (χ1n) is 6.04. The lowest BCUT2D eigenvalue weighted by Gasteiger charge is -2.55. The topological polar surface area (TPSA) is 26.0 Å². The molecule has 1 unspecified atom stereocenters. The molecule has 0 heterocycles. The minimum atomic E-state index is 0. The molecule has 1 nitrogen and oxygen atoms in total. The van der Waals surface area contributed by atoms with Gasteiger partial charge in [-0.1, -0.05) is 0 Å². The third-order valence-electron chi connectivity index (χ3n) is 5.76. The van der Waals surface area contributed by atoms with Crippen molar-refractivity contribution >= 4 is 12.4 Å². The molecule has 5 aliphatic rings.